The van der Waals surface area contributed by atoms with Crippen molar-refractivity contribution in [1.82, 2.24) is 10.2 Å². The van der Waals surface area contributed by atoms with E-state index in [0.717, 1.165) is 6.54 Å². The number of rotatable bonds is 6. The van der Waals surface area contributed by atoms with Crippen LogP contribution >= 0.6 is 0 Å². The summed E-state index contributed by atoms with van der Waals surface area (Å²) in [5.74, 6) is 0.245. The highest BCUT2D eigenvalue weighted by molar-refractivity contribution is 5.78. The molecule has 1 aromatic carbocycles. The van der Waals surface area contributed by atoms with Gasteiger partial charge in [-0.15, -0.1) is 0 Å². The molecule has 0 spiro atoms. The summed E-state index contributed by atoms with van der Waals surface area (Å²) in [6.07, 6.45) is 6.20. The molecule has 0 bridgehead atoms. The second-order valence-corrected chi connectivity index (χ2v) is 6.43. The fourth-order valence-electron chi connectivity index (χ4n) is 3.56. The molecule has 22 heavy (non-hydrogen) atoms. The van der Waals surface area contributed by atoms with Crippen LogP contribution < -0.4 is 5.32 Å². The summed E-state index contributed by atoms with van der Waals surface area (Å²) < 4.78 is 0. The third-order valence-corrected chi connectivity index (χ3v) is 4.89. The first-order valence-corrected chi connectivity index (χ1v) is 8.71. The van der Waals surface area contributed by atoms with E-state index in [1.54, 1.807) is 0 Å². The second-order valence-electron chi connectivity index (χ2n) is 6.43. The average molecular weight is 302 g/mol. The normalized spacial score (nSPS) is 17.2. The van der Waals surface area contributed by atoms with Crippen molar-refractivity contribution in [3.05, 3.63) is 35.4 Å². The van der Waals surface area contributed by atoms with Gasteiger partial charge in [0.25, 0.3) is 0 Å². The van der Waals surface area contributed by atoms with Gasteiger partial charge in [0.1, 0.15) is 0 Å². The van der Waals surface area contributed by atoms with Gasteiger partial charge in [-0.25, -0.2) is 0 Å². The van der Waals surface area contributed by atoms with Crippen LogP contribution in [0, 0.1) is 6.92 Å². The van der Waals surface area contributed by atoms with Crippen molar-refractivity contribution in [2.75, 3.05) is 13.1 Å². The van der Waals surface area contributed by atoms with Crippen molar-refractivity contribution in [2.45, 2.75) is 65.0 Å². The third kappa shape index (κ3) is 4.33. The van der Waals surface area contributed by atoms with Crippen LogP contribution in [0.25, 0.3) is 0 Å². The van der Waals surface area contributed by atoms with Crippen LogP contribution in [0.15, 0.2) is 24.3 Å². The Morgan fingerprint density at radius 2 is 1.95 bits per heavy atom. The lowest BCUT2D eigenvalue weighted by Crippen LogP contribution is -2.45. The van der Waals surface area contributed by atoms with E-state index in [-0.39, 0.29) is 11.9 Å². The fourth-order valence-corrected chi connectivity index (χ4v) is 3.56. The predicted molar refractivity (Wildman–Crippen MR) is 91.9 cm³/mol. The van der Waals surface area contributed by atoms with E-state index in [1.165, 1.54) is 43.2 Å². The number of hydrogen-bond donors (Lipinski definition) is 1. The van der Waals surface area contributed by atoms with Gasteiger partial charge in [0.2, 0.25) is 5.91 Å². The molecule has 1 saturated carbocycles. The number of benzene rings is 1. The average Bonchev–Trinajstić information content (AvgIpc) is 2.55. The molecule has 122 valence electrons. The fraction of sp³-hybridized carbons (Fsp3) is 0.632. The number of aryl methyl sites for hydroxylation is 1. The Morgan fingerprint density at radius 1 is 1.27 bits per heavy atom. The van der Waals surface area contributed by atoms with Gasteiger partial charge in [-0.3, -0.25) is 4.79 Å². The molecule has 1 N–H and O–H groups in total. The predicted octanol–water partition coefficient (Wildman–Crippen LogP) is 3.83. The summed E-state index contributed by atoms with van der Waals surface area (Å²) in [7, 11) is 0. The maximum Gasteiger partial charge on any atom is 0.236 e. The minimum atomic E-state index is 0.204. The van der Waals surface area contributed by atoms with E-state index < -0.39 is 0 Å². The third-order valence-electron chi connectivity index (χ3n) is 4.89. The molecule has 0 heterocycles. The van der Waals surface area contributed by atoms with Crippen LogP contribution in [0.3, 0.4) is 0 Å². The highest BCUT2D eigenvalue weighted by Gasteiger charge is 2.24. The molecule has 1 aliphatic carbocycles. The van der Waals surface area contributed by atoms with Crippen LogP contribution in [0.1, 0.15) is 63.1 Å². The van der Waals surface area contributed by atoms with E-state index in [4.69, 9.17) is 0 Å². The van der Waals surface area contributed by atoms with Crippen LogP contribution in [-0.4, -0.2) is 29.9 Å². The van der Waals surface area contributed by atoms with Crippen molar-refractivity contribution in [3.63, 3.8) is 0 Å². The molecule has 1 fully saturated rings. The van der Waals surface area contributed by atoms with Crippen molar-refractivity contribution >= 4 is 5.91 Å². The Labute approximate surface area is 135 Å². The lowest BCUT2D eigenvalue weighted by atomic mass is 9.94. The van der Waals surface area contributed by atoms with Gasteiger partial charge in [-0.2, -0.15) is 0 Å². The standard InChI is InChI=1S/C19H30N2O/c1-4-21(17-11-6-5-7-12-17)19(22)14-20-16(3)18-13-9-8-10-15(18)2/h8-10,13,16-17,20H,4-7,11-12,14H2,1-3H3. The molecule has 3 heteroatoms. The van der Waals surface area contributed by atoms with Gasteiger partial charge in [-0.1, -0.05) is 43.5 Å². The van der Waals surface area contributed by atoms with Crippen molar-refractivity contribution < 1.29 is 4.79 Å². The maximum atomic E-state index is 12.6. The molecule has 1 aliphatic rings. The van der Waals surface area contributed by atoms with Gasteiger partial charge in [0.15, 0.2) is 0 Å². The smallest absolute Gasteiger partial charge is 0.236 e. The molecule has 1 atom stereocenters. The Hall–Kier alpha value is -1.35. The van der Waals surface area contributed by atoms with Crippen LogP contribution in [0.5, 0.6) is 0 Å². The van der Waals surface area contributed by atoms with Gasteiger partial charge < -0.3 is 10.2 Å². The molecule has 3 nitrogen and oxygen atoms in total. The van der Waals surface area contributed by atoms with Crippen LogP contribution in [0.4, 0.5) is 0 Å². The number of likely N-dealkylation sites (N-methyl/N-ethyl adjacent to an activating group) is 1. The molecular formula is C19H30N2O. The molecule has 0 aliphatic heterocycles. The van der Waals surface area contributed by atoms with E-state index >= 15 is 0 Å². The zero-order chi connectivity index (χ0) is 15.9. The number of carbonyl (C=O) groups excluding carboxylic acids is 1. The van der Waals surface area contributed by atoms with Gasteiger partial charge in [0, 0.05) is 18.6 Å². The SMILES string of the molecule is CCN(C(=O)CNC(C)c1ccccc1C)C1CCCCC1. The first-order chi connectivity index (χ1) is 10.6. The lowest BCUT2D eigenvalue weighted by Gasteiger charge is -2.34. The Bertz CT molecular complexity index is 480. The zero-order valence-corrected chi connectivity index (χ0v) is 14.3. The first kappa shape index (κ1) is 17.0. The molecule has 1 aromatic rings. The molecular weight excluding hydrogens is 272 g/mol. The van der Waals surface area contributed by atoms with Crippen LogP contribution in [-0.2, 0) is 4.79 Å². The van der Waals surface area contributed by atoms with Crippen molar-refractivity contribution in [1.29, 1.82) is 0 Å². The zero-order valence-electron chi connectivity index (χ0n) is 14.3. The number of amides is 1. The molecule has 0 radical (unpaired) electrons. The van der Waals surface area contributed by atoms with E-state index in [1.807, 2.05) is 0 Å². The largest absolute Gasteiger partial charge is 0.339 e. The van der Waals surface area contributed by atoms with E-state index in [0.29, 0.717) is 12.6 Å². The highest BCUT2D eigenvalue weighted by Crippen LogP contribution is 2.22. The minimum Gasteiger partial charge on any atom is -0.339 e. The van der Waals surface area contributed by atoms with E-state index in [2.05, 4.69) is 55.3 Å². The summed E-state index contributed by atoms with van der Waals surface area (Å²) >= 11 is 0. The summed E-state index contributed by atoms with van der Waals surface area (Å²) in [6.45, 7) is 7.60. The topological polar surface area (TPSA) is 32.3 Å². The van der Waals surface area contributed by atoms with E-state index in [9.17, 15) is 4.79 Å². The van der Waals surface area contributed by atoms with Gasteiger partial charge in [-0.05, 0) is 44.7 Å². The highest BCUT2D eigenvalue weighted by atomic mass is 16.2. The Morgan fingerprint density at radius 3 is 2.59 bits per heavy atom. The quantitative estimate of drug-likeness (QED) is 0.866. The number of carbonyl (C=O) groups is 1. The molecule has 1 amide bonds. The minimum absolute atomic E-state index is 0.204. The summed E-state index contributed by atoms with van der Waals surface area (Å²) in [6, 6.07) is 9.03. The molecule has 0 aromatic heterocycles. The van der Waals surface area contributed by atoms with Crippen LogP contribution in [0.2, 0.25) is 0 Å². The number of nitrogens with one attached hydrogen (secondary N) is 1. The van der Waals surface area contributed by atoms with Gasteiger partial charge in [0.05, 0.1) is 6.54 Å². The van der Waals surface area contributed by atoms with Crippen molar-refractivity contribution in [2.24, 2.45) is 0 Å². The summed E-state index contributed by atoms with van der Waals surface area (Å²) in [5, 5.41) is 3.40. The maximum absolute atomic E-state index is 12.6. The van der Waals surface area contributed by atoms with Gasteiger partial charge >= 0.3 is 0 Å². The van der Waals surface area contributed by atoms with Crippen molar-refractivity contribution in [3.8, 4) is 0 Å². The molecule has 0 saturated heterocycles. The summed E-state index contributed by atoms with van der Waals surface area (Å²) in [4.78, 5) is 14.6. The second kappa shape index (κ2) is 8.33. The Kier molecular flexibility index (Phi) is 6.44. The first-order valence-electron chi connectivity index (χ1n) is 8.71. The number of hydrogen-bond acceptors (Lipinski definition) is 2. The lowest BCUT2D eigenvalue weighted by molar-refractivity contribution is -0.133. The monoisotopic (exact) mass is 302 g/mol. The molecule has 1 unspecified atom stereocenters. The molecule has 2 rings (SSSR count). The number of nitrogens with zero attached hydrogens (tertiary/aromatic N) is 1. The summed E-state index contributed by atoms with van der Waals surface area (Å²) in [5.41, 5.74) is 2.55. The Balaban J connectivity index is 1.89.